The third-order valence-electron chi connectivity index (χ3n) is 3.15. The maximum absolute atomic E-state index is 10.5. The van der Waals surface area contributed by atoms with E-state index < -0.39 is 6.10 Å². The number of thioether (sulfide) groups is 1. The molecule has 1 atom stereocenters. The minimum Gasteiger partial charge on any atom is -0.496 e. The van der Waals surface area contributed by atoms with Gasteiger partial charge in [0.25, 0.3) is 0 Å². The topological polar surface area (TPSA) is 29.5 Å². The van der Waals surface area contributed by atoms with Crippen molar-refractivity contribution in [2.75, 3.05) is 13.4 Å². The first-order valence-electron chi connectivity index (χ1n) is 6.29. The van der Waals surface area contributed by atoms with E-state index in [4.69, 9.17) is 16.3 Å². The first kappa shape index (κ1) is 15.2. The van der Waals surface area contributed by atoms with Crippen LogP contribution in [0.5, 0.6) is 5.75 Å². The fourth-order valence-electron chi connectivity index (χ4n) is 2.17. The molecule has 2 nitrogen and oxygen atoms in total. The van der Waals surface area contributed by atoms with E-state index in [1.165, 1.54) is 0 Å². The van der Waals surface area contributed by atoms with E-state index >= 15 is 0 Å². The zero-order chi connectivity index (χ0) is 14.5. The number of aliphatic hydroxyl groups is 1. The quantitative estimate of drug-likeness (QED) is 0.833. The number of methoxy groups -OCH3 is 1. The molecule has 106 valence electrons. The number of hydrogen-bond donors (Lipinski definition) is 1. The highest BCUT2D eigenvalue weighted by atomic mass is 35.5. The molecule has 0 fully saturated rings. The Balaban J connectivity index is 2.27. The summed E-state index contributed by atoms with van der Waals surface area (Å²) in [4.78, 5) is 1.08. The fraction of sp³-hybridized carbons (Fsp3) is 0.250. The molecule has 1 unspecified atom stereocenters. The van der Waals surface area contributed by atoms with Crippen molar-refractivity contribution in [2.45, 2.75) is 17.4 Å². The maximum Gasteiger partial charge on any atom is 0.122 e. The molecule has 0 bridgehead atoms. The smallest absolute Gasteiger partial charge is 0.122 e. The van der Waals surface area contributed by atoms with Crippen LogP contribution >= 0.6 is 23.4 Å². The van der Waals surface area contributed by atoms with E-state index in [1.807, 2.05) is 42.7 Å². The molecule has 0 spiro atoms. The van der Waals surface area contributed by atoms with Gasteiger partial charge >= 0.3 is 0 Å². The van der Waals surface area contributed by atoms with Gasteiger partial charge < -0.3 is 9.84 Å². The van der Waals surface area contributed by atoms with Crippen molar-refractivity contribution in [1.82, 2.24) is 0 Å². The summed E-state index contributed by atoms with van der Waals surface area (Å²) in [5.74, 6) is 0.745. The van der Waals surface area contributed by atoms with Crippen LogP contribution in [-0.4, -0.2) is 18.5 Å². The van der Waals surface area contributed by atoms with E-state index in [-0.39, 0.29) is 0 Å². The summed E-state index contributed by atoms with van der Waals surface area (Å²) < 4.78 is 5.32. The van der Waals surface area contributed by atoms with E-state index in [0.717, 1.165) is 21.8 Å². The SMILES string of the molecule is COc1ccc(Cl)cc1CC(O)c1ccccc1SC. The second-order valence-corrected chi connectivity index (χ2v) is 5.70. The van der Waals surface area contributed by atoms with Gasteiger partial charge in [0.2, 0.25) is 0 Å². The van der Waals surface area contributed by atoms with E-state index in [1.54, 1.807) is 24.9 Å². The van der Waals surface area contributed by atoms with Crippen LogP contribution in [0.25, 0.3) is 0 Å². The molecule has 2 aromatic rings. The van der Waals surface area contributed by atoms with Crippen LogP contribution in [-0.2, 0) is 6.42 Å². The molecule has 4 heteroatoms. The molecule has 0 aliphatic rings. The Morgan fingerprint density at radius 3 is 2.70 bits per heavy atom. The summed E-state index contributed by atoms with van der Waals surface area (Å²) in [7, 11) is 1.62. The number of rotatable bonds is 5. The van der Waals surface area contributed by atoms with Gasteiger partial charge in [-0.25, -0.2) is 0 Å². The first-order chi connectivity index (χ1) is 9.65. The van der Waals surface area contributed by atoms with Crippen LogP contribution in [0.15, 0.2) is 47.4 Å². The lowest BCUT2D eigenvalue weighted by atomic mass is 10.0. The fourth-order valence-corrected chi connectivity index (χ4v) is 3.02. The van der Waals surface area contributed by atoms with Crippen LogP contribution in [0.4, 0.5) is 0 Å². The van der Waals surface area contributed by atoms with Crippen LogP contribution in [0.2, 0.25) is 5.02 Å². The Bertz CT molecular complexity index is 586. The summed E-state index contributed by atoms with van der Waals surface area (Å²) in [6.45, 7) is 0. The lowest BCUT2D eigenvalue weighted by Crippen LogP contribution is -2.04. The van der Waals surface area contributed by atoms with Crippen molar-refractivity contribution < 1.29 is 9.84 Å². The van der Waals surface area contributed by atoms with Gasteiger partial charge in [0.15, 0.2) is 0 Å². The molecule has 0 amide bonds. The predicted octanol–water partition coefficient (Wildman–Crippen LogP) is 4.35. The molecular formula is C16H17ClO2S. The molecule has 2 aromatic carbocycles. The third kappa shape index (κ3) is 3.48. The van der Waals surface area contributed by atoms with Crippen LogP contribution in [0.3, 0.4) is 0 Å². The van der Waals surface area contributed by atoms with E-state index in [9.17, 15) is 5.11 Å². The normalized spacial score (nSPS) is 12.2. The molecule has 20 heavy (non-hydrogen) atoms. The Labute approximate surface area is 128 Å². The Morgan fingerprint density at radius 1 is 1.25 bits per heavy atom. The van der Waals surface area contributed by atoms with Crippen molar-refractivity contribution in [1.29, 1.82) is 0 Å². The molecule has 0 radical (unpaired) electrons. The minimum absolute atomic E-state index is 0.474. The van der Waals surface area contributed by atoms with Crippen molar-refractivity contribution in [2.24, 2.45) is 0 Å². The molecule has 0 saturated heterocycles. The summed E-state index contributed by atoms with van der Waals surface area (Å²) in [6, 6.07) is 13.3. The molecule has 0 aromatic heterocycles. The summed E-state index contributed by atoms with van der Waals surface area (Å²) >= 11 is 7.65. The molecule has 0 aliphatic heterocycles. The van der Waals surface area contributed by atoms with Gasteiger partial charge in [-0.05, 0) is 41.6 Å². The van der Waals surface area contributed by atoms with E-state index in [0.29, 0.717) is 11.4 Å². The van der Waals surface area contributed by atoms with Gasteiger partial charge in [-0.2, -0.15) is 0 Å². The standard InChI is InChI=1S/C16H17ClO2S/c1-19-15-8-7-12(17)9-11(15)10-14(18)13-5-3-4-6-16(13)20-2/h3-9,14,18H,10H2,1-2H3. The summed E-state index contributed by atoms with van der Waals surface area (Å²) in [5.41, 5.74) is 1.84. The van der Waals surface area contributed by atoms with Gasteiger partial charge in [-0.3, -0.25) is 0 Å². The monoisotopic (exact) mass is 308 g/mol. The van der Waals surface area contributed by atoms with Crippen molar-refractivity contribution >= 4 is 23.4 Å². The average Bonchev–Trinajstić information content (AvgIpc) is 2.47. The highest BCUT2D eigenvalue weighted by Gasteiger charge is 2.15. The van der Waals surface area contributed by atoms with Crippen molar-refractivity contribution in [3.05, 3.63) is 58.6 Å². The Morgan fingerprint density at radius 2 is 2.00 bits per heavy atom. The molecule has 0 heterocycles. The highest BCUT2D eigenvalue weighted by molar-refractivity contribution is 7.98. The van der Waals surface area contributed by atoms with Crippen molar-refractivity contribution in [3.63, 3.8) is 0 Å². The Hall–Kier alpha value is -1.16. The highest BCUT2D eigenvalue weighted by Crippen LogP contribution is 2.31. The molecule has 2 rings (SSSR count). The van der Waals surface area contributed by atoms with Gasteiger partial charge in [-0.15, -0.1) is 11.8 Å². The lowest BCUT2D eigenvalue weighted by molar-refractivity contribution is 0.174. The lowest BCUT2D eigenvalue weighted by Gasteiger charge is -2.16. The zero-order valence-electron chi connectivity index (χ0n) is 11.5. The number of benzene rings is 2. The van der Waals surface area contributed by atoms with Crippen molar-refractivity contribution in [3.8, 4) is 5.75 Å². The first-order valence-corrected chi connectivity index (χ1v) is 7.89. The average molecular weight is 309 g/mol. The van der Waals surface area contributed by atoms with Crippen LogP contribution in [0, 0.1) is 0 Å². The largest absolute Gasteiger partial charge is 0.496 e. The second-order valence-electron chi connectivity index (χ2n) is 4.42. The maximum atomic E-state index is 10.5. The molecule has 0 saturated carbocycles. The van der Waals surface area contributed by atoms with E-state index in [2.05, 4.69) is 0 Å². The third-order valence-corrected chi connectivity index (χ3v) is 4.20. The minimum atomic E-state index is -0.578. The number of aliphatic hydroxyl groups excluding tert-OH is 1. The summed E-state index contributed by atoms with van der Waals surface area (Å²) in [6.07, 6.45) is 1.90. The van der Waals surface area contributed by atoms with Gasteiger partial charge in [0.05, 0.1) is 13.2 Å². The number of hydrogen-bond acceptors (Lipinski definition) is 3. The number of halogens is 1. The van der Waals surface area contributed by atoms with Gasteiger partial charge in [-0.1, -0.05) is 29.8 Å². The zero-order valence-corrected chi connectivity index (χ0v) is 13.0. The molecule has 0 aliphatic carbocycles. The molecular weight excluding hydrogens is 292 g/mol. The van der Waals surface area contributed by atoms with Crippen LogP contribution in [0.1, 0.15) is 17.2 Å². The predicted molar refractivity (Wildman–Crippen MR) is 84.9 cm³/mol. The molecule has 1 N–H and O–H groups in total. The van der Waals surface area contributed by atoms with Gasteiger partial charge in [0, 0.05) is 16.3 Å². The number of ether oxygens (including phenoxy) is 1. The second kappa shape index (κ2) is 7.02. The van der Waals surface area contributed by atoms with Gasteiger partial charge in [0.1, 0.15) is 5.75 Å². The summed E-state index contributed by atoms with van der Waals surface area (Å²) in [5, 5.41) is 11.1. The Kier molecular flexibility index (Phi) is 5.35. The van der Waals surface area contributed by atoms with Crippen LogP contribution < -0.4 is 4.74 Å².